The van der Waals surface area contributed by atoms with Crippen molar-refractivity contribution in [2.75, 3.05) is 13.2 Å². The van der Waals surface area contributed by atoms with Crippen LogP contribution in [0.15, 0.2) is 97.2 Å². The lowest BCUT2D eigenvalue weighted by Crippen LogP contribution is -2.30. The molecule has 0 saturated carbocycles. The highest BCUT2D eigenvalue weighted by Crippen LogP contribution is 2.17. The molecule has 0 aromatic rings. The van der Waals surface area contributed by atoms with Crippen molar-refractivity contribution in [1.29, 1.82) is 0 Å². The summed E-state index contributed by atoms with van der Waals surface area (Å²) in [4.78, 5) is 38.5. The standard InChI is InChI=1S/C77H134O6/c1-4-7-10-13-16-19-22-25-28-31-33-34-35-36-37-38-39-40-41-42-43-44-45-47-49-52-55-58-61-64-67-70-76(79)82-73-74(72-81-75(78)69-66-63-60-57-54-51-48-30-27-24-21-18-15-12-9-6-3)83-77(80)71-68-65-62-59-56-53-50-46-32-29-26-23-20-17-14-11-8-5-2/h7,10,16,19-21,23-25,28-30,32-34,48,74H,4-6,8-9,11-15,17-18,22,26-27,31,35-47,49-73H2,1-3H3/b10-7-,19-16-,23-20-,24-21-,28-25-,32-29-,34-33-,48-30-. The second-order valence-electron chi connectivity index (χ2n) is 23.8. The third-order valence-corrected chi connectivity index (χ3v) is 15.5. The van der Waals surface area contributed by atoms with E-state index in [-0.39, 0.29) is 31.1 Å². The van der Waals surface area contributed by atoms with Crippen LogP contribution in [0.2, 0.25) is 0 Å². The number of hydrogen-bond acceptors (Lipinski definition) is 6. The van der Waals surface area contributed by atoms with Gasteiger partial charge in [0.25, 0.3) is 0 Å². The molecule has 0 rings (SSSR count). The Bertz CT molecular complexity index is 1610. The first-order valence-electron chi connectivity index (χ1n) is 35.7. The number of unbranched alkanes of at least 4 members (excludes halogenated alkanes) is 38. The van der Waals surface area contributed by atoms with E-state index in [2.05, 4.69) is 118 Å². The molecule has 6 nitrogen and oxygen atoms in total. The molecule has 1 atom stereocenters. The zero-order valence-electron chi connectivity index (χ0n) is 54.9. The van der Waals surface area contributed by atoms with E-state index in [9.17, 15) is 14.4 Å². The van der Waals surface area contributed by atoms with Crippen molar-refractivity contribution in [3.63, 3.8) is 0 Å². The van der Waals surface area contributed by atoms with Crippen LogP contribution in [0.25, 0.3) is 0 Å². The number of hydrogen-bond donors (Lipinski definition) is 0. The normalized spacial score (nSPS) is 12.7. The Kier molecular flexibility index (Phi) is 67.7. The van der Waals surface area contributed by atoms with E-state index in [0.717, 1.165) is 116 Å². The van der Waals surface area contributed by atoms with Crippen LogP contribution in [0.4, 0.5) is 0 Å². The highest BCUT2D eigenvalue weighted by molar-refractivity contribution is 5.71. The maximum Gasteiger partial charge on any atom is 0.306 e. The highest BCUT2D eigenvalue weighted by atomic mass is 16.6. The molecule has 0 fully saturated rings. The number of allylic oxidation sites excluding steroid dienone is 16. The van der Waals surface area contributed by atoms with Crippen LogP contribution < -0.4 is 0 Å². The fourth-order valence-electron chi connectivity index (χ4n) is 10.2. The molecule has 0 radical (unpaired) electrons. The molecule has 0 aliphatic carbocycles. The lowest BCUT2D eigenvalue weighted by Gasteiger charge is -2.18. The van der Waals surface area contributed by atoms with Gasteiger partial charge in [-0.3, -0.25) is 14.4 Å². The third-order valence-electron chi connectivity index (χ3n) is 15.5. The summed E-state index contributed by atoms with van der Waals surface area (Å²) >= 11 is 0. The number of esters is 3. The quantitative estimate of drug-likeness (QED) is 0.0261. The minimum absolute atomic E-state index is 0.0821. The Morgan fingerprint density at radius 3 is 0.735 bits per heavy atom. The van der Waals surface area contributed by atoms with Gasteiger partial charge in [-0.1, -0.05) is 311 Å². The Morgan fingerprint density at radius 1 is 0.253 bits per heavy atom. The van der Waals surface area contributed by atoms with Crippen molar-refractivity contribution in [2.24, 2.45) is 0 Å². The van der Waals surface area contributed by atoms with Crippen molar-refractivity contribution in [3.05, 3.63) is 97.2 Å². The van der Waals surface area contributed by atoms with Crippen LogP contribution >= 0.6 is 0 Å². The van der Waals surface area contributed by atoms with Gasteiger partial charge in [0.2, 0.25) is 0 Å². The second-order valence-corrected chi connectivity index (χ2v) is 23.8. The van der Waals surface area contributed by atoms with Crippen LogP contribution in [0.1, 0.15) is 355 Å². The molecular weight excluding hydrogens is 1020 g/mol. The van der Waals surface area contributed by atoms with Crippen molar-refractivity contribution in [3.8, 4) is 0 Å². The molecule has 0 saturated heterocycles. The molecule has 0 heterocycles. The summed E-state index contributed by atoms with van der Waals surface area (Å²) in [6, 6.07) is 0. The third kappa shape index (κ3) is 69.0. The van der Waals surface area contributed by atoms with Gasteiger partial charge in [-0.15, -0.1) is 0 Å². The van der Waals surface area contributed by atoms with Crippen LogP contribution in [0.5, 0.6) is 0 Å². The van der Waals surface area contributed by atoms with Crippen LogP contribution in [0.3, 0.4) is 0 Å². The smallest absolute Gasteiger partial charge is 0.306 e. The first-order chi connectivity index (χ1) is 41.0. The van der Waals surface area contributed by atoms with Crippen molar-refractivity contribution in [2.45, 2.75) is 361 Å². The molecule has 0 spiro atoms. The Labute approximate surface area is 515 Å². The van der Waals surface area contributed by atoms with E-state index in [1.54, 1.807) is 0 Å². The van der Waals surface area contributed by atoms with E-state index in [4.69, 9.17) is 14.2 Å². The van der Waals surface area contributed by atoms with Crippen LogP contribution in [0, 0.1) is 0 Å². The number of ether oxygens (including phenoxy) is 3. The molecular formula is C77H134O6. The van der Waals surface area contributed by atoms with E-state index < -0.39 is 6.10 Å². The minimum atomic E-state index is -0.788. The molecule has 0 aromatic carbocycles. The second kappa shape index (κ2) is 70.8. The fraction of sp³-hybridized carbons (Fsp3) is 0.753. The Balaban J connectivity index is 4.25. The lowest BCUT2D eigenvalue weighted by molar-refractivity contribution is -0.167. The van der Waals surface area contributed by atoms with Gasteiger partial charge in [0.15, 0.2) is 6.10 Å². The summed E-state index contributed by atoms with van der Waals surface area (Å²) in [6.45, 7) is 6.52. The first-order valence-corrected chi connectivity index (χ1v) is 35.7. The van der Waals surface area contributed by atoms with Crippen molar-refractivity contribution < 1.29 is 28.6 Å². The van der Waals surface area contributed by atoms with Crippen LogP contribution in [-0.2, 0) is 28.6 Å². The average molecular weight is 1160 g/mol. The molecule has 83 heavy (non-hydrogen) atoms. The number of carbonyl (C=O) groups is 3. The average Bonchev–Trinajstić information content (AvgIpc) is 3.49. The summed E-state index contributed by atoms with van der Waals surface area (Å²) < 4.78 is 17.0. The molecule has 0 aliphatic heterocycles. The zero-order valence-corrected chi connectivity index (χ0v) is 54.9. The summed E-state index contributed by atoms with van der Waals surface area (Å²) in [5.74, 6) is -0.887. The number of rotatable bonds is 65. The van der Waals surface area contributed by atoms with Gasteiger partial charge in [0, 0.05) is 19.3 Å². The van der Waals surface area contributed by atoms with Gasteiger partial charge in [-0.05, 0) is 122 Å². The zero-order chi connectivity index (χ0) is 59.9. The van der Waals surface area contributed by atoms with Crippen LogP contribution in [-0.4, -0.2) is 37.2 Å². The SMILES string of the molecule is CC/C=C\C/C=C\C/C=C\C/C=C\CCCCCCCCCCCCCCCCCCCCC(=O)OCC(COC(=O)CCCCCCC/C=C\C/C=C\CCCCCC)OC(=O)CCCCCCCCC/C=C\C/C=C\CCCCCC. The van der Waals surface area contributed by atoms with Crippen molar-refractivity contribution in [1.82, 2.24) is 0 Å². The molecule has 0 amide bonds. The molecule has 0 bridgehead atoms. The first kappa shape index (κ1) is 79.3. The topological polar surface area (TPSA) is 78.9 Å². The van der Waals surface area contributed by atoms with E-state index in [0.29, 0.717) is 19.3 Å². The van der Waals surface area contributed by atoms with E-state index in [1.807, 2.05) is 0 Å². The van der Waals surface area contributed by atoms with Gasteiger partial charge >= 0.3 is 17.9 Å². The van der Waals surface area contributed by atoms with Gasteiger partial charge in [0.05, 0.1) is 0 Å². The fourth-order valence-corrected chi connectivity index (χ4v) is 10.2. The molecule has 0 aromatic heterocycles. The predicted molar refractivity (Wildman–Crippen MR) is 362 cm³/mol. The number of carbonyl (C=O) groups excluding carboxylic acids is 3. The summed E-state index contributed by atoms with van der Waals surface area (Å²) in [5.41, 5.74) is 0. The van der Waals surface area contributed by atoms with Gasteiger partial charge in [-0.25, -0.2) is 0 Å². The molecule has 478 valence electrons. The Hall–Kier alpha value is -3.67. The van der Waals surface area contributed by atoms with Gasteiger partial charge in [-0.2, -0.15) is 0 Å². The lowest BCUT2D eigenvalue weighted by atomic mass is 10.0. The molecule has 0 N–H and O–H groups in total. The largest absolute Gasteiger partial charge is 0.462 e. The maximum atomic E-state index is 12.9. The monoisotopic (exact) mass is 1160 g/mol. The van der Waals surface area contributed by atoms with E-state index in [1.165, 1.54) is 199 Å². The summed E-state index contributed by atoms with van der Waals surface area (Å²) in [7, 11) is 0. The summed E-state index contributed by atoms with van der Waals surface area (Å²) in [5, 5.41) is 0. The molecule has 6 heteroatoms. The van der Waals surface area contributed by atoms with Gasteiger partial charge < -0.3 is 14.2 Å². The molecule has 1 unspecified atom stereocenters. The van der Waals surface area contributed by atoms with Gasteiger partial charge in [0.1, 0.15) is 13.2 Å². The Morgan fingerprint density at radius 2 is 0.470 bits per heavy atom. The van der Waals surface area contributed by atoms with Crippen molar-refractivity contribution >= 4 is 17.9 Å². The maximum absolute atomic E-state index is 12.9. The predicted octanol–water partition coefficient (Wildman–Crippen LogP) is 24.8. The minimum Gasteiger partial charge on any atom is -0.462 e. The van der Waals surface area contributed by atoms with E-state index >= 15 is 0 Å². The summed E-state index contributed by atoms with van der Waals surface area (Å²) in [6.07, 6.45) is 95.8. The highest BCUT2D eigenvalue weighted by Gasteiger charge is 2.19. The molecule has 0 aliphatic rings.